The molecule has 17 heavy (non-hydrogen) atoms. The Kier molecular flexibility index (Phi) is 3.59. The summed E-state index contributed by atoms with van der Waals surface area (Å²) in [5.41, 5.74) is 3.74. The van der Waals surface area contributed by atoms with E-state index < -0.39 is 0 Å². The SMILES string of the molecule is CCNC(c1ccccc1)c1cnn(C)c1C. The molecule has 90 valence electrons. The van der Waals surface area contributed by atoms with Crippen LogP contribution in [0.3, 0.4) is 0 Å². The lowest BCUT2D eigenvalue weighted by Crippen LogP contribution is -2.22. The second-order valence-corrected chi connectivity index (χ2v) is 4.21. The fourth-order valence-electron chi connectivity index (χ4n) is 2.06. The van der Waals surface area contributed by atoms with E-state index in [4.69, 9.17) is 0 Å². The molecule has 0 spiro atoms. The summed E-state index contributed by atoms with van der Waals surface area (Å²) in [6.07, 6.45) is 1.95. The quantitative estimate of drug-likeness (QED) is 0.872. The number of benzene rings is 1. The standard InChI is InChI=1S/C14H19N3/c1-4-15-14(12-8-6-5-7-9-12)13-10-16-17(3)11(13)2/h5-10,14-15H,4H2,1-3H3. The highest BCUT2D eigenvalue weighted by Crippen LogP contribution is 2.23. The summed E-state index contributed by atoms with van der Waals surface area (Å²) in [6, 6.07) is 10.7. The van der Waals surface area contributed by atoms with Crippen molar-refractivity contribution in [3.8, 4) is 0 Å². The first-order valence-electron chi connectivity index (χ1n) is 6.01. The Balaban J connectivity index is 2.39. The highest BCUT2D eigenvalue weighted by atomic mass is 15.3. The molecule has 1 N–H and O–H groups in total. The van der Waals surface area contributed by atoms with Crippen molar-refractivity contribution >= 4 is 0 Å². The Bertz CT molecular complexity index is 473. The summed E-state index contributed by atoms with van der Waals surface area (Å²) in [5.74, 6) is 0. The first-order chi connectivity index (χ1) is 8.24. The van der Waals surface area contributed by atoms with Gasteiger partial charge in [0.25, 0.3) is 0 Å². The number of aryl methyl sites for hydroxylation is 1. The van der Waals surface area contributed by atoms with Gasteiger partial charge in [-0.3, -0.25) is 4.68 Å². The summed E-state index contributed by atoms with van der Waals surface area (Å²) < 4.78 is 1.92. The van der Waals surface area contributed by atoms with Crippen molar-refractivity contribution in [2.24, 2.45) is 7.05 Å². The fourth-order valence-corrected chi connectivity index (χ4v) is 2.06. The van der Waals surface area contributed by atoms with E-state index in [1.165, 1.54) is 16.8 Å². The van der Waals surface area contributed by atoms with E-state index in [9.17, 15) is 0 Å². The molecule has 0 aliphatic rings. The third-order valence-electron chi connectivity index (χ3n) is 3.13. The van der Waals surface area contributed by atoms with E-state index in [-0.39, 0.29) is 6.04 Å². The molecule has 0 aliphatic carbocycles. The maximum Gasteiger partial charge on any atom is 0.0610 e. The van der Waals surface area contributed by atoms with E-state index >= 15 is 0 Å². The van der Waals surface area contributed by atoms with Crippen LogP contribution in [0.4, 0.5) is 0 Å². The highest BCUT2D eigenvalue weighted by Gasteiger charge is 2.17. The summed E-state index contributed by atoms with van der Waals surface area (Å²) in [5, 5.41) is 7.84. The van der Waals surface area contributed by atoms with Gasteiger partial charge in [-0.1, -0.05) is 37.3 Å². The van der Waals surface area contributed by atoms with E-state index in [2.05, 4.69) is 48.5 Å². The van der Waals surface area contributed by atoms with Gasteiger partial charge in [0, 0.05) is 18.3 Å². The Morgan fingerprint density at radius 3 is 2.53 bits per heavy atom. The number of nitrogens with zero attached hydrogens (tertiary/aromatic N) is 2. The molecule has 0 radical (unpaired) electrons. The van der Waals surface area contributed by atoms with Gasteiger partial charge in [-0.25, -0.2) is 0 Å². The van der Waals surface area contributed by atoms with Gasteiger partial charge >= 0.3 is 0 Å². The first-order valence-corrected chi connectivity index (χ1v) is 6.01. The summed E-state index contributed by atoms with van der Waals surface area (Å²) in [4.78, 5) is 0. The van der Waals surface area contributed by atoms with Crippen molar-refractivity contribution in [2.45, 2.75) is 19.9 Å². The van der Waals surface area contributed by atoms with Crippen molar-refractivity contribution in [3.63, 3.8) is 0 Å². The predicted octanol–water partition coefficient (Wildman–Crippen LogP) is 2.43. The number of hydrogen-bond donors (Lipinski definition) is 1. The average Bonchev–Trinajstić information content (AvgIpc) is 2.69. The molecule has 1 atom stereocenters. The van der Waals surface area contributed by atoms with Gasteiger partial charge in [-0.2, -0.15) is 5.10 Å². The number of rotatable bonds is 4. The summed E-state index contributed by atoms with van der Waals surface area (Å²) >= 11 is 0. The van der Waals surface area contributed by atoms with Crippen LogP contribution in [-0.4, -0.2) is 16.3 Å². The van der Waals surface area contributed by atoms with E-state index in [0.717, 1.165) is 6.54 Å². The molecule has 1 aromatic carbocycles. The maximum atomic E-state index is 4.32. The minimum Gasteiger partial charge on any atom is -0.306 e. The lowest BCUT2D eigenvalue weighted by molar-refractivity contribution is 0.625. The molecule has 2 aromatic rings. The minimum absolute atomic E-state index is 0.231. The van der Waals surface area contributed by atoms with E-state index in [1.54, 1.807) is 0 Å². The van der Waals surface area contributed by atoms with Crippen molar-refractivity contribution < 1.29 is 0 Å². The third kappa shape index (κ3) is 2.39. The zero-order valence-corrected chi connectivity index (χ0v) is 10.6. The molecular weight excluding hydrogens is 210 g/mol. The summed E-state index contributed by atoms with van der Waals surface area (Å²) in [6.45, 7) is 5.17. The lowest BCUT2D eigenvalue weighted by Gasteiger charge is -2.18. The van der Waals surface area contributed by atoms with E-state index in [0.29, 0.717) is 0 Å². The van der Waals surface area contributed by atoms with Gasteiger partial charge in [0.1, 0.15) is 0 Å². The summed E-state index contributed by atoms with van der Waals surface area (Å²) in [7, 11) is 1.98. The molecule has 0 fully saturated rings. The molecule has 0 saturated heterocycles. The Morgan fingerprint density at radius 2 is 2.00 bits per heavy atom. The molecule has 2 rings (SSSR count). The zero-order valence-electron chi connectivity index (χ0n) is 10.6. The van der Waals surface area contributed by atoms with Crippen LogP contribution < -0.4 is 5.32 Å². The molecule has 3 nitrogen and oxygen atoms in total. The van der Waals surface area contributed by atoms with Crippen LogP contribution in [0.1, 0.15) is 29.8 Å². The maximum absolute atomic E-state index is 4.32. The van der Waals surface area contributed by atoms with Crippen molar-refractivity contribution in [2.75, 3.05) is 6.54 Å². The Hall–Kier alpha value is -1.61. The van der Waals surface area contributed by atoms with E-state index in [1.807, 2.05) is 24.0 Å². The predicted molar refractivity (Wildman–Crippen MR) is 69.9 cm³/mol. The second kappa shape index (κ2) is 5.15. The normalized spacial score (nSPS) is 12.6. The lowest BCUT2D eigenvalue weighted by atomic mass is 9.99. The highest BCUT2D eigenvalue weighted by molar-refractivity contribution is 5.32. The Labute approximate surface area is 102 Å². The smallest absolute Gasteiger partial charge is 0.0610 e. The van der Waals surface area contributed by atoms with Crippen LogP contribution in [0, 0.1) is 6.92 Å². The van der Waals surface area contributed by atoms with Gasteiger partial charge in [-0.15, -0.1) is 0 Å². The molecule has 1 heterocycles. The monoisotopic (exact) mass is 229 g/mol. The molecule has 1 unspecified atom stereocenters. The topological polar surface area (TPSA) is 29.9 Å². The van der Waals surface area contributed by atoms with Crippen LogP contribution in [0.15, 0.2) is 36.5 Å². The van der Waals surface area contributed by atoms with Crippen molar-refractivity contribution in [1.82, 2.24) is 15.1 Å². The molecule has 0 bridgehead atoms. The molecule has 0 aliphatic heterocycles. The number of aromatic nitrogens is 2. The van der Waals surface area contributed by atoms with Gasteiger partial charge in [0.15, 0.2) is 0 Å². The largest absolute Gasteiger partial charge is 0.306 e. The van der Waals surface area contributed by atoms with Crippen LogP contribution >= 0.6 is 0 Å². The van der Waals surface area contributed by atoms with Crippen LogP contribution in [0.5, 0.6) is 0 Å². The third-order valence-corrected chi connectivity index (χ3v) is 3.13. The molecule has 1 aromatic heterocycles. The number of nitrogens with one attached hydrogen (secondary N) is 1. The second-order valence-electron chi connectivity index (χ2n) is 4.21. The van der Waals surface area contributed by atoms with Gasteiger partial charge in [-0.05, 0) is 19.0 Å². The molecule has 0 saturated carbocycles. The Morgan fingerprint density at radius 1 is 1.29 bits per heavy atom. The fraction of sp³-hybridized carbons (Fsp3) is 0.357. The van der Waals surface area contributed by atoms with Crippen molar-refractivity contribution in [1.29, 1.82) is 0 Å². The number of hydrogen-bond acceptors (Lipinski definition) is 2. The first kappa shape index (κ1) is 11.9. The van der Waals surface area contributed by atoms with Crippen LogP contribution in [0.25, 0.3) is 0 Å². The molecule has 0 amide bonds. The molecular formula is C14H19N3. The van der Waals surface area contributed by atoms with Gasteiger partial charge < -0.3 is 5.32 Å². The molecule has 3 heteroatoms. The minimum atomic E-state index is 0.231. The van der Waals surface area contributed by atoms with Crippen LogP contribution in [-0.2, 0) is 7.05 Å². The van der Waals surface area contributed by atoms with Crippen LogP contribution in [0.2, 0.25) is 0 Å². The van der Waals surface area contributed by atoms with Crippen molar-refractivity contribution in [3.05, 3.63) is 53.3 Å². The van der Waals surface area contributed by atoms with Gasteiger partial charge in [0.2, 0.25) is 0 Å². The average molecular weight is 229 g/mol. The zero-order chi connectivity index (χ0) is 12.3. The van der Waals surface area contributed by atoms with Gasteiger partial charge in [0.05, 0.1) is 12.2 Å².